The zero-order chi connectivity index (χ0) is 24.4. The molecule has 35 heavy (non-hydrogen) atoms. The second-order valence-electron chi connectivity index (χ2n) is 8.87. The summed E-state index contributed by atoms with van der Waals surface area (Å²) in [4.78, 5) is 28.6. The normalized spacial score (nSPS) is 18.5. The van der Waals surface area contributed by atoms with Crippen molar-refractivity contribution in [3.63, 3.8) is 0 Å². The number of ether oxygens (including phenoxy) is 2. The second kappa shape index (κ2) is 10.1. The Hall–Kier alpha value is -3.43. The minimum Gasteiger partial charge on any atom is -0.487 e. The van der Waals surface area contributed by atoms with Gasteiger partial charge in [0.2, 0.25) is 5.91 Å². The third-order valence-corrected chi connectivity index (χ3v) is 6.41. The highest BCUT2D eigenvalue weighted by Gasteiger charge is 2.33. The summed E-state index contributed by atoms with van der Waals surface area (Å²) in [6.07, 6.45) is 5.09. The molecule has 9 heteroatoms. The lowest BCUT2D eigenvalue weighted by Crippen LogP contribution is -2.47. The molecule has 0 aliphatic carbocycles. The highest BCUT2D eigenvalue weighted by molar-refractivity contribution is 5.83. The van der Waals surface area contributed by atoms with Gasteiger partial charge in [-0.3, -0.25) is 19.7 Å². The van der Waals surface area contributed by atoms with E-state index in [9.17, 15) is 9.18 Å². The average molecular weight is 478 g/mol. The third-order valence-electron chi connectivity index (χ3n) is 6.41. The summed E-state index contributed by atoms with van der Waals surface area (Å²) in [5.74, 6) is 0.0159. The van der Waals surface area contributed by atoms with Crippen molar-refractivity contribution in [3.05, 3.63) is 71.2 Å². The van der Waals surface area contributed by atoms with Crippen LogP contribution in [-0.4, -0.2) is 64.7 Å². The van der Waals surface area contributed by atoms with E-state index in [1.807, 2.05) is 26.0 Å². The number of fused-ring (bicyclic) bond motifs is 1. The van der Waals surface area contributed by atoms with E-state index in [1.165, 1.54) is 6.07 Å². The van der Waals surface area contributed by atoms with Gasteiger partial charge in [-0.05, 0) is 37.6 Å². The lowest BCUT2D eigenvalue weighted by molar-refractivity contribution is -0.128. The molecule has 1 aromatic carbocycles. The van der Waals surface area contributed by atoms with E-state index >= 15 is 0 Å². The van der Waals surface area contributed by atoms with Gasteiger partial charge in [0.05, 0.1) is 36.8 Å². The van der Waals surface area contributed by atoms with Gasteiger partial charge in [0.15, 0.2) is 0 Å². The number of benzene rings is 1. The fourth-order valence-corrected chi connectivity index (χ4v) is 4.67. The number of aryl methyl sites for hydroxylation is 2. The van der Waals surface area contributed by atoms with Crippen LogP contribution in [0.4, 0.5) is 4.39 Å². The van der Waals surface area contributed by atoms with Crippen molar-refractivity contribution >= 4 is 5.91 Å². The van der Waals surface area contributed by atoms with Gasteiger partial charge < -0.3 is 14.8 Å². The first-order valence-corrected chi connectivity index (χ1v) is 11.8. The van der Waals surface area contributed by atoms with Gasteiger partial charge in [0.1, 0.15) is 23.7 Å². The monoisotopic (exact) mass is 477 g/mol. The van der Waals surface area contributed by atoms with Crippen molar-refractivity contribution in [2.24, 2.45) is 0 Å². The number of morpholine rings is 1. The summed E-state index contributed by atoms with van der Waals surface area (Å²) in [5.41, 5.74) is 4.23. The Morgan fingerprint density at radius 2 is 2.06 bits per heavy atom. The number of pyridine rings is 1. The molecule has 182 valence electrons. The summed E-state index contributed by atoms with van der Waals surface area (Å²) in [6, 6.07) is 6.38. The van der Waals surface area contributed by atoms with Crippen LogP contribution in [0.2, 0.25) is 0 Å². The van der Waals surface area contributed by atoms with Crippen molar-refractivity contribution in [1.29, 1.82) is 0 Å². The number of aromatic nitrogens is 3. The maximum absolute atomic E-state index is 14.7. The number of hydrogen-bond acceptors (Lipinski definition) is 7. The maximum atomic E-state index is 14.7. The van der Waals surface area contributed by atoms with Crippen molar-refractivity contribution in [3.8, 4) is 17.0 Å². The number of carbonyl (C=O) groups excluding carboxylic acids is 1. The predicted octanol–water partition coefficient (Wildman–Crippen LogP) is 2.79. The number of amides is 1. The SMILES string of the molecule is Cc1cnc(C)c(-c2ccc(F)c3c2OC(CNC(=O)C(c2cccnc2)N2CCOCC2)C3)n1. The molecule has 2 atom stereocenters. The third kappa shape index (κ3) is 4.87. The zero-order valence-corrected chi connectivity index (χ0v) is 19.8. The van der Waals surface area contributed by atoms with Gasteiger partial charge in [-0.2, -0.15) is 0 Å². The van der Waals surface area contributed by atoms with Gasteiger partial charge >= 0.3 is 0 Å². The molecule has 3 aromatic rings. The molecular formula is C26H28FN5O3. The van der Waals surface area contributed by atoms with Crippen LogP contribution in [0.1, 0.15) is 28.6 Å². The highest BCUT2D eigenvalue weighted by atomic mass is 19.1. The smallest absolute Gasteiger partial charge is 0.242 e. The molecule has 8 nitrogen and oxygen atoms in total. The van der Waals surface area contributed by atoms with Gasteiger partial charge in [-0.25, -0.2) is 9.37 Å². The van der Waals surface area contributed by atoms with E-state index in [1.54, 1.807) is 24.7 Å². The summed E-state index contributed by atoms with van der Waals surface area (Å²) in [5, 5.41) is 3.03. The molecule has 0 radical (unpaired) electrons. The lowest BCUT2D eigenvalue weighted by atomic mass is 10.0. The standard InChI is InChI=1S/C26H28FN5O3/c1-16-13-29-17(2)23(31-16)20-5-6-22(27)21-12-19(35-25(20)21)15-30-26(33)24(18-4-3-7-28-14-18)32-8-10-34-11-9-32/h3-7,13-14,19,24H,8-12,15H2,1-2H3,(H,30,33). The van der Waals surface area contributed by atoms with E-state index in [0.717, 1.165) is 17.0 Å². The fourth-order valence-electron chi connectivity index (χ4n) is 4.67. The maximum Gasteiger partial charge on any atom is 0.242 e. The Bertz CT molecular complexity index is 1220. The van der Waals surface area contributed by atoms with Crippen LogP contribution in [0.3, 0.4) is 0 Å². The highest BCUT2D eigenvalue weighted by Crippen LogP contribution is 2.40. The van der Waals surface area contributed by atoms with E-state index in [-0.39, 0.29) is 24.4 Å². The zero-order valence-electron chi connectivity index (χ0n) is 19.8. The summed E-state index contributed by atoms with van der Waals surface area (Å²) < 4.78 is 26.3. The Kier molecular flexibility index (Phi) is 6.70. The summed E-state index contributed by atoms with van der Waals surface area (Å²) in [6.45, 7) is 6.46. The molecule has 2 aromatic heterocycles. The quantitative estimate of drug-likeness (QED) is 0.584. The van der Waals surface area contributed by atoms with Gasteiger partial charge in [-0.1, -0.05) is 6.07 Å². The lowest BCUT2D eigenvalue weighted by Gasteiger charge is -2.33. The number of nitrogens with one attached hydrogen (secondary N) is 1. The van der Waals surface area contributed by atoms with Gasteiger partial charge in [0, 0.05) is 49.2 Å². The number of hydrogen-bond donors (Lipinski definition) is 1. The van der Waals surface area contributed by atoms with Crippen molar-refractivity contribution in [2.45, 2.75) is 32.4 Å². The second-order valence-corrected chi connectivity index (χ2v) is 8.87. The van der Waals surface area contributed by atoms with Crippen LogP contribution in [0.25, 0.3) is 11.3 Å². The number of nitrogens with zero attached hydrogens (tertiary/aromatic N) is 4. The molecule has 4 heterocycles. The van der Waals surface area contributed by atoms with Crippen LogP contribution in [0.15, 0.2) is 42.9 Å². The Labute approximate surface area is 203 Å². The van der Waals surface area contributed by atoms with E-state index in [0.29, 0.717) is 55.3 Å². The Morgan fingerprint density at radius 3 is 2.83 bits per heavy atom. The van der Waals surface area contributed by atoms with E-state index in [4.69, 9.17) is 9.47 Å². The molecule has 2 unspecified atom stereocenters. The molecule has 2 aliphatic rings. The van der Waals surface area contributed by atoms with Crippen LogP contribution in [0.5, 0.6) is 5.75 Å². The van der Waals surface area contributed by atoms with Crippen LogP contribution in [0, 0.1) is 19.7 Å². The molecule has 0 saturated carbocycles. The van der Waals surface area contributed by atoms with E-state index in [2.05, 4.69) is 25.2 Å². The molecule has 1 amide bonds. The molecule has 1 fully saturated rings. The minimum atomic E-state index is -0.478. The Balaban J connectivity index is 1.33. The van der Waals surface area contributed by atoms with Crippen molar-refractivity contribution in [2.75, 3.05) is 32.8 Å². The topological polar surface area (TPSA) is 89.5 Å². The first-order valence-electron chi connectivity index (χ1n) is 11.8. The molecule has 1 N–H and O–H groups in total. The number of carbonyl (C=O) groups is 1. The number of rotatable bonds is 6. The minimum absolute atomic E-state index is 0.138. The van der Waals surface area contributed by atoms with Gasteiger partial charge in [-0.15, -0.1) is 0 Å². The predicted molar refractivity (Wildman–Crippen MR) is 127 cm³/mol. The average Bonchev–Trinajstić information content (AvgIpc) is 3.31. The van der Waals surface area contributed by atoms with Crippen molar-refractivity contribution < 1.29 is 18.7 Å². The molecule has 0 spiro atoms. The van der Waals surface area contributed by atoms with Crippen LogP contribution >= 0.6 is 0 Å². The largest absolute Gasteiger partial charge is 0.487 e. The van der Waals surface area contributed by atoms with Crippen LogP contribution < -0.4 is 10.1 Å². The van der Waals surface area contributed by atoms with Crippen molar-refractivity contribution in [1.82, 2.24) is 25.2 Å². The first-order chi connectivity index (χ1) is 17.0. The number of halogens is 1. The Morgan fingerprint density at radius 1 is 1.23 bits per heavy atom. The molecule has 0 bridgehead atoms. The summed E-state index contributed by atoms with van der Waals surface area (Å²) >= 11 is 0. The molecule has 1 saturated heterocycles. The first kappa shape index (κ1) is 23.3. The summed E-state index contributed by atoms with van der Waals surface area (Å²) in [7, 11) is 0. The molecular weight excluding hydrogens is 449 g/mol. The van der Waals surface area contributed by atoms with E-state index < -0.39 is 6.04 Å². The van der Waals surface area contributed by atoms with Crippen LogP contribution in [-0.2, 0) is 16.0 Å². The van der Waals surface area contributed by atoms with Gasteiger partial charge in [0.25, 0.3) is 0 Å². The molecule has 2 aliphatic heterocycles. The fraction of sp³-hybridized carbons (Fsp3) is 0.385. The molecule has 5 rings (SSSR count).